The van der Waals surface area contributed by atoms with Crippen molar-refractivity contribution in [2.45, 2.75) is 33.0 Å². The van der Waals surface area contributed by atoms with E-state index in [4.69, 9.17) is 32.5 Å². The molecule has 0 aliphatic carbocycles. The van der Waals surface area contributed by atoms with Gasteiger partial charge in [-0.25, -0.2) is 0 Å². The SMILES string of the molecule is CC(C)c1onc(-c2c(Cl)cccc2Cl)c1COc1cccc(CO)c1. The molecule has 0 radical (unpaired) electrons. The van der Waals surface area contributed by atoms with E-state index in [1.54, 1.807) is 24.3 Å². The number of halogens is 2. The van der Waals surface area contributed by atoms with Gasteiger partial charge in [-0.1, -0.05) is 60.4 Å². The summed E-state index contributed by atoms with van der Waals surface area (Å²) >= 11 is 12.7. The average Bonchev–Trinajstić information content (AvgIpc) is 3.04. The summed E-state index contributed by atoms with van der Waals surface area (Å²) < 4.78 is 11.5. The van der Waals surface area contributed by atoms with Gasteiger partial charge in [0, 0.05) is 11.5 Å². The van der Waals surface area contributed by atoms with Crippen LogP contribution in [0.2, 0.25) is 10.0 Å². The van der Waals surface area contributed by atoms with Gasteiger partial charge in [-0.2, -0.15) is 0 Å². The van der Waals surface area contributed by atoms with Crippen LogP contribution in [-0.2, 0) is 13.2 Å². The van der Waals surface area contributed by atoms with Crippen molar-refractivity contribution in [2.24, 2.45) is 0 Å². The van der Waals surface area contributed by atoms with Gasteiger partial charge in [-0.3, -0.25) is 0 Å². The number of hydrogen-bond donors (Lipinski definition) is 1. The maximum Gasteiger partial charge on any atom is 0.146 e. The maximum atomic E-state index is 9.28. The van der Waals surface area contributed by atoms with Crippen LogP contribution in [0.3, 0.4) is 0 Å². The minimum atomic E-state index is -0.0395. The maximum absolute atomic E-state index is 9.28. The van der Waals surface area contributed by atoms with Crippen molar-refractivity contribution in [3.05, 3.63) is 69.4 Å². The van der Waals surface area contributed by atoms with Crippen molar-refractivity contribution >= 4 is 23.2 Å². The van der Waals surface area contributed by atoms with E-state index < -0.39 is 0 Å². The van der Waals surface area contributed by atoms with E-state index in [1.807, 2.05) is 32.0 Å². The van der Waals surface area contributed by atoms with Gasteiger partial charge in [0.05, 0.1) is 22.2 Å². The van der Waals surface area contributed by atoms with Gasteiger partial charge >= 0.3 is 0 Å². The molecule has 1 aromatic heterocycles. The van der Waals surface area contributed by atoms with Crippen molar-refractivity contribution in [1.82, 2.24) is 5.16 Å². The van der Waals surface area contributed by atoms with Crippen molar-refractivity contribution in [3.63, 3.8) is 0 Å². The molecule has 3 aromatic rings. The summed E-state index contributed by atoms with van der Waals surface area (Å²) in [5.74, 6) is 1.51. The molecule has 0 aliphatic rings. The zero-order valence-corrected chi connectivity index (χ0v) is 16.0. The van der Waals surface area contributed by atoms with Crippen LogP contribution in [0.1, 0.15) is 36.7 Å². The third-order valence-corrected chi connectivity index (χ3v) is 4.64. The summed E-state index contributed by atoms with van der Waals surface area (Å²) in [6.07, 6.45) is 0. The summed E-state index contributed by atoms with van der Waals surface area (Å²) in [5.41, 5.74) is 2.81. The number of ether oxygens (including phenoxy) is 1. The lowest BCUT2D eigenvalue weighted by Gasteiger charge is -2.11. The fourth-order valence-electron chi connectivity index (χ4n) is 2.72. The molecule has 136 valence electrons. The summed E-state index contributed by atoms with van der Waals surface area (Å²) in [6, 6.07) is 12.6. The van der Waals surface area contributed by atoms with Crippen molar-refractivity contribution < 1.29 is 14.4 Å². The molecule has 0 atom stereocenters. The number of benzene rings is 2. The molecule has 6 heteroatoms. The highest BCUT2D eigenvalue weighted by atomic mass is 35.5. The second-order valence-electron chi connectivity index (χ2n) is 6.22. The first-order valence-electron chi connectivity index (χ1n) is 8.26. The summed E-state index contributed by atoms with van der Waals surface area (Å²) in [4.78, 5) is 0. The number of nitrogens with zero attached hydrogens (tertiary/aromatic N) is 1. The first kappa shape index (κ1) is 18.8. The Bertz CT molecular complexity index is 886. The molecule has 3 rings (SSSR count). The van der Waals surface area contributed by atoms with Crippen LogP contribution in [0.25, 0.3) is 11.3 Å². The predicted molar refractivity (Wildman–Crippen MR) is 103 cm³/mol. The number of aromatic nitrogens is 1. The number of aliphatic hydroxyl groups excluding tert-OH is 1. The summed E-state index contributed by atoms with van der Waals surface area (Å²) in [5, 5.41) is 14.5. The van der Waals surface area contributed by atoms with Gasteiger partial charge in [0.1, 0.15) is 23.8 Å². The van der Waals surface area contributed by atoms with Gasteiger partial charge in [-0.05, 0) is 29.8 Å². The molecule has 1 N–H and O–H groups in total. The lowest BCUT2D eigenvalue weighted by molar-refractivity contribution is 0.277. The van der Waals surface area contributed by atoms with Crippen LogP contribution < -0.4 is 4.74 Å². The second kappa shape index (κ2) is 8.12. The molecule has 1 heterocycles. The number of hydrogen-bond acceptors (Lipinski definition) is 4. The van der Waals surface area contributed by atoms with Crippen LogP contribution in [0.15, 0.2) is 47.0 Å². The highest BCUT2D eigenvalue weighted by molar-refractivity contribution is 6.39. The first-order valence-corrected chi connectivity index (χ1v) is 9.02. The van der Waals surface area contributed by atoms with E-state index in [0.717, 1.165) is 16.9 Å². The zero-order valence-electron chi connectivity index (χ0n) is 14.5. The molecule has 2 aromatic carbocycles. The van der Waals surface area contributed by atoms with Gasteiger partial charge in [0.2, 0.25) is 0 Å². The van der Waals surface area contributed by atoms with Crippen molar-refractivity contribution in [1.29, 1.82) is 0 Å². The Hall–Kier alpha value is -2.01. The molecule has 0 spiro atoms. The molecule has 0 bridgehead atoms. The molecular formula is C20H19Cl2NO3. The minimum Gasteiger partial charge on any atom is -0.489 e. The van der Waals surface area contributed by atoms with E-state index in [2.05, 4.69) is 5.16 Å². The average molecular weight is 392 g/mol. The predicted octanol–water partition coefficient (Wildman–Crippen LogP) is 5.84. The summed E-state index contributed by atoms with van der Waals surface area (Å²) in [6.45, 7) is 4.26. The molecule has 0 aliphatic heterocycles. The second-order valence-corrected chi connectivity index (χ2v) is 7.03. The Kier molecular flexibility index (Phi) is 5.87. The molecular weight excluding hydrogens is 373 g/mol. The van der Waals surface area contributed by atoms with Gasteiger partial charge < -0.3 is 14.4 Å². The monoisotopic (exact) mass is 391 g/mol. The molecule has 4 nitrogen and oxygen atoms in total. The van der Waals surface area contributed by atoms with Gasteiger partial charge in [0.15, 0.2) is 0 Å². The molecule has 0 saturated heterocycles. The molecule has 0 amide bonds. The zero-order chi connectivity index (χ0) is 18.7. The number of aliphatic hydroxyl groups is 1. The van der Waals surface area contributed by atoms with E-state index in [0.29, 0.717) is 27.1 Å². The van der Waals surface area contributed by atoms with Gasteiger partial charge in [-0.15, -0.1) is 0 Å². The van der Waals surface area contributed by atoms with E-state index in [1.165, 1.54) is 0 Å². The molecule has 0 saturated carbocycles. The lowest BCUT2D eigenvalue weighted by Crippen LogP contribution is -2.01. The molecule has 26 heavy (non-hydrogen) atoms. The smallest absolute Gasteiger partial charge is 0.146 e. The van der Waals surface area contributed by atoms with Gasteiger partial charge in [0.25, 0.3) is 0 Å². The Morgan fingerprint density at radius 3 is 2.46 bits per heavy atom. The van der Waals surface area contributed by atoms with Crippen LogP contribution in [0, 0.1) is 0 Å². The quantitative estimate of drug-likeness (QED) is 0.572. The normalized spacial score (nSPS) is 11.2. The van der Waals surface area contributed by atoms with Crippen LogP contribution >= 0.6 is 23.2 Å². The van der Waals surface area contributed by atoms with E-state index in [9.17, 15) is 5.11 Å². The summed E-state index contributed by atoms with van der Waals surface area (Å²) in [7, 11) is 0. The van der Waals surface area contributed by atoms with Crippen molar-refractivity contribution in [2.75, 3.05) is 0 Å². The minimum absolute atomic E-state index is 0.0395. The van der Waals surface area contributed by atoms with Crippen LogP contribution in [0.5, 0.6) is 5.75 Å². The van der Waals surface area contributed by atoms with E-state index in [-0.39, 0.29) is 19.1 Å². The Labute approximate surface area is 162 Å². The van der Waals surface area contributed by atoms with E-state index >= 15 is 0 Å². The third-order valence-electron chi connectivity index (χ3n) is 4.01. The Morgan fingerprint density at radius 1 is 1.12 bits per heavy atom. The standard InChI is InChI=1S/C20H19Cl2NO3/c1-12(2)20-15(11-25-14-6-3-5-13(9-14)10-24)19(23-26-20)18-16(21)7-4-8-17(18)22/h3-9,12,24H,10-11H2,1-2H3. The topological polar surface area (TPSA) is 55.5 Å². The Balaban J connectivity index is 1.98. The highest BCUT2D eigenvalue weighted by Crippen LogP contribution is 2.38. The fourth-order valence-corrected chi connectivity index (χ4v) is 3.30. The van der Waals surface area contributed by atoms with Crippen molar-refractivity contribution in [3.8, 4) is 17.0 Å². The van der Waals surface area contributed by atoms with Crippen LogP contribution in [-0.4, -0.2) is 10.3 Å². The lowest BCUT2D eigenvalue weighted by atomic mass is 10.0. The third kappa shape index (κ3) is 3.88. The van der Waals surface area contributed by atoms with Crippen LogP contribution in [0.4, 0.5) is 0 Å². The molecule has 0 fully saturated rings. The Morgan fingerprint density at radius 2 is 1.81 bits per heavy atom. The largest absolute Gasteiger partial charge is 0.489 e. The highest BCUT2D eigenvalue weighted by Gasteiger charge is 2.23. The fraction of sp³-hybridized carbons (Fsp3) is 0.250. The molecule has 0 unspecified atom stereocenters. The number of rotatable bonds is 6. The first-order chi connectivity index (χ1) is 12.5.